The molecule has 0 saturated carbocycles. The monoisotopic (exact) mass is 377 g/mol. The Morgan fingerprint density at radius 1 is 1.00 bits per heavy atom. The summed E-state index contributed by atoms with van der Waals surface area (Å²) in [6, 6.07) is 17.4. The van der Waals surface area contributed by atoms with Gasteiger partial charge in [-0.2, -0.15) is 0 Å². The average Bonchev–Trinajstić information content (AvgIpc) is 2.74. The Balaban J connectivity index is 1.19. The van der Waals surface area contributed by atoms with Crippen molar-refractivity contribution >= 4 is 11.6 Å². The van der Waals surface area contributed by atoms with Crippen molar-refractivity contribution in [3.63, 3.8) is 0 Å². The molecule has 1 amide bonds. The van der Waals surface area contributed by atoms with Crippen LogP contribution in [0.5, 0.6) is 0 Å². The summed E-state index contributed by atoms with van der Waals surface area (Å²) in [6.07, 6.45) is 3.00. The predicted octanol–water partition coefficient (Wildman–Crippen LogP) is 3.39. The molecule has 2 heterocycles. The lowest BCUT2D eigenvalue weighted by Gasteiger charge is -2.33. The summed E-state index contributed by atoms with van der Waals surface area (Å²) in [6.45, 7) is 7.81. The Hall–Kier alpha value is -2.33. The molecule has 0 aromatic heterocycles. The van der Waals surface area contributed by atoms with Gasteiger partial charge in [-0.25, -0.2) is 0 Å². The van der Waals surface area contributed by atoms with E-state index in [1.807, 2.05) is 0 Å². The molecule has 0 aliphatic carbocycles. The van der Waals surface area contributed by atoms with E-state index in [0.29, 0.717) is 0 Å². The van der Waals surface area contributed by atoms with Gasteiger partial charge < -0.3 is 10.2 Å². The fraction of sp³-hybridized carbons (Fsp3) is 0.458. The molecule has 2 aromatic rings. The van der Waals surface area contributed by atoms with E-state index < -0.39 is 0 Å². The SMILES string of the molecule is Cc1ccc(N2CCC(C(=O)NCCN3CCc4ccccc4C3)CC2)cc1. The molecule has 2 aromatic carbocycles. The zero-order chi connectivity index (χ0) is 19.3. The van der Waals surface area contributed by atoms with Crippen molar-refractivity contribution in [2.24, 2.45) is 5.92 Å². The van der Waals surface area contributed by atoms with Crippen LogP contribution in [0, 0.1) is 12.8 Å². The lowest BCUT2D eigenvalue weighted by molar-refractivity contribution is -0.125. The van der Waals surface area contributed by atoms with Crippen molar-refractivity contribution < 1.29 is 4.79 Å². The van der Waals surface area contributed by atoms with Crippen molar-refractivity contribution in [1.82, 2.24) is 10.2 Å². The van der Waals surface area contributed by atoms with Gasteiger partial charge in [-0.15, -0.1) is 0 Å². The summed E-state index contributed by atoms with van der Waals surface area (Å²) in [5.74, 6) is 0.393. The molecule has 2 aliphatic rings. The second-order valence-corrected chi connectivity index (χ2v) is 8.18. The maximum Gasteiger partial charge on any atom is 0.223 e. The molecule has 148 valence electrons. The van der Waals surface area contributed by atoms with Crippen LogP contribution in [-0.4, -0.2) is 43.5 Å². The summed E-state index contributed by atoms with van der Waals surface area (Å²) in [5, 5.41) is 3.19. The Bertz CT molecular complexity index is 794. The van der Waals surface area contributed by atoms with Crippen LogP contribution >= 0.6 is 0 Å². The molecule has 1 saturated heterocycles. The third-order valence-electron chi connectivity index (χ3n) is 6.20. The van der Waals surface area contributed by atoms with E-state index in [1.54, 1.807) is 0 Å². The highest BCUT2D eigenvalue weighted by atomic mass is 16.1. The van der Waals surface area contributed by atoms with Crippen LogP contribution in [0.1, 0.15) is 29.5 Å². The first kappa shape index (κ1) is 19.0. The van der Waals surface area contributed by atoms with E-state index in [-0.39, 0.29) is 11.8 Å². The second kappa shape index (κ2) is 8.78. The van der Waals surface area contributed by atoms with Crippen LogP contribution in [0.2, 0.25) is 0 Å². The quantitative estimate of drug-likeness (QED) is 0.868. The molecule has 0 bridgehead atoms. The van der Waals surface area contributed by atoms with Crippen molar-refractivity contribution in [3.05, 3.63) is 65.2 Å². The minimum Gasteiger partial charge on any atom is -0.371 e. The standard InChI is InChI=1S/C24H31N3O/c1-19-6-8-23(9-7-19)27-15-11-21(12-16-27)24(28)25-13-17-26-14-10-20-4-2-3-5-22(20)18-26/h2-9,21H,10-18H2,1H3,(H,25,28). The van der Waals surface area contributed by atoms with Gasteiger partial charge in [0.25, 0.3) is 0 Å². The molecule has 4 heteroatoms. The van der Waals surface area contributed by atoms with E-state index in [1.165, 1.54) is 22.4 Å². The number of hydrogen-bond acceptors (Lipinski definition) is 3. The van der Waals surface area contributed by atoms with Crippen molar-refractivity contribution in [3.8, 4) is 0 Å². The summed E-state index contributed by atoms with van der Waals surface area (Å²) in [7, 11) is 0. The lowest BCUT2D eigenvalue weighted by atomic mass is 9.95. The van der Waals surface area contributed by atoms with Crippen LogP contribution in [0.15, 0.2) is 48.5 Å². The van der Waals surface area contributed by atoms with Gasteiger partial charge in [0.15, 0.2) is 0 Å². The molecule has 1 fully saturated rings. The van der Waals surface area contributed by atoms with Crippen LogP contribution in [0.3, 0.4) is 0 Å². The molecule has 0 unspecified atom stereocenters. The zero-order valence-corrected chi connectivity index (χ0v) is 16.9. The van der Waals surface area contributed by atoms with Gasteiger partial charge in [-0.3, -0.25) is 9.69 Å². The molecule has 4 nitrogen and oxygen atoms in total. The van der Waals surface area contributed by atoms with Crippen molar-refractivity contribution in [1.29, 1.82) is 0 Å². The third-order valence-corrected chi connectivity index (χ3v) is 6.20. The zero-order valence-electron chi connectivity index (χ0n) is 16.9. The maximum absolute atomic E-state index is 12.6. The van der Waals surface area contributed by atoms with Gasteiger partial charge in [0, 0.05) is 50.9 Å². The van der Waals surface area contributed by atoms with Gasteiger partial charge >= 0.3 is 0 Å². The van der Waals surface area contributed by atoms with Gasteiger partial charge in [0.05, 0.1) is 0 Å². The number of benzene rings is 2. The molecular weight excluding hydrogens is 346 g/mol. The molecule has 2 aliphatic heterocycles. The molecule has 0 radical (unpaired) electrons. The van der Waals surface area contributed by atoms with Gasteiger partial charge in [-0.05, 0) is 49.4 Å². The minimum atomic E-state index is 0.156. The van der Waals surface area contributed by atoms with Crippen LogP contribution in [-0.2, 0) is 17.8 Å². The number of nitrogens with one attached hydrogen (secondary N) is 1. The lowest BCUT2D eigenvalue weighted by Crippen LogP contribution is -2.43. The molecule has 28 heavy (non-hydrogen) atoms. The maximum atomic E-state index is 12.6. The van der Waals surface area contributed by atoms with Crippen LogP contribution < -0.4 is 10.2 Å². The van der Waals surface area contributed by atoms with Gasteiger partial charge in [0.2, 0.25) is 5.91 Å². The number of rotatable bonds is 5. The topological polar surface area (TPSA) is 35.6 Å². The second-order valence-electron chi connectivity index (χ2n) is 8.18. The average molecular weight is 378 g/mol. The summed E-state index contributed by atoms with van der Waals surface area (Å²) in [5.41, 5.74) is 5.47. The number of fused-ring (bicyclic) bond motifs is 1. The summed E-state index contributed by atoms with van der Waals surface area (Å²) >= 11 is 0. The van der Waals surface area contributed by atoms with Crippen LogP contribution in [0.25, 0.3) is 0 Å². The van der Waals surface area contributed by atoms with Crippen molar-refractivity contribution in [2.75, 3.05) is 37.6 Å². The highest BCUT2D eigenvalue weighted by molar-refractivity contribution is 5.79. The van der Waals surface area contributed by atoms with E-state index in [2.05, 4.69) is 70.6 Å². The number of nitrogens with zero attached hydrogens (tertiary/aromatic N) is 2. The van der Waals surface area contributed by atoms with Gasteiger partial charge in [0.1, 0.15) is 0 Å². The molecule has 0 spiro atoms. The molecule has 0 atom stereocenters. The third kappa shape index (κ3) is 4.56. The highest BCUT2D eigenvalue weighted by Crippen LogP contribution is 2.24. The van der Waals surface area contributed by atoms with Crippen molar-refractivity contribution in [2.45, 2.75) is 32.7 Å². The fourth-order valence-electron chi connectivity index (χ4n) is 4.38. The summed E-state index contributed by atoms with van der Waals surface area (Å²) in [4.78, 5) is 17.4. The predicted molar refractivity (Wildman–Crippen MR) is 115 cm³/mol. The Morgan fingerprint density at radius 2 is 1.71 bits per heavy atom. The number of carbonyl (C=O) groups is 1. The Labute approximate surface area is 168 Å². The largest absolute Gasteiger partial charge is 0.371 e. The summed E-state index contributed by atoms with van der Waals surface area (Å²) < 4.78 is 0. The molecule has 4 rings (SSSR count). The Kier molecular flexibility index (Phi) is 5.96. The first-order valence-electron chi connectivity index (χ1n) is 10.6. The number of hydrogen-bond donors (Lipinski definition) is 1. The fourth-order valence-corrected chi connectivity index (χ4v) is 4.38. The number of carbonyl (C=O) groups excluding carboxylic acids is 1. The minimum absolute atomic E-state index is 0.156. The normalized spacial score (nSPS) is 18.0. The first-order chi connectivity index (χ1) is 13.7. The van der Waals surface area contributed by atoms with E-state index in [0.717, 1.165) is 58.5 Å². The highest BCUT2D eigenvalue weighted by Gasteiger charge is 2.25. The van der Waals surface area contributed by atoms with E-state index in [4.69, 9.17) is 0 Å². The molecule has 1 N–H and O–H groups in total. The van der Waals surface area contributed by atoms with Gasteiger partial charge in [-0.1, -0.05) is 42.0 Å². The Morgan fingerprint density at radius 3 is 2.46 bits per heavy atom. The molecular formula is C24H31N3O. The van der Waals surface area contributed by atoms with E-state index >= 15 is 0 Å². The van der Waals surface area contributed by atoms with Crippen LogP contribution in [0.4, 0.5) is 5.69 Å². The number of aryl methyl sites for hydroxylation is 1. The first-order valence-corrected chi connectivity index (χ1v) is 10.6. The number of piperidine rings is 1. The van der Waals surface area contributed by atoms with E-state index in [9.17, 15) is 4.79 Å². The smallest absolute Gasteiger partial charge is 0.223 e. The number of amides is 1. The number of anilines is 1.